The van der Waals surface area contributed by atoms with E-state index in [-0.39, 0.29) is 25.9 Å². The molecule has 6 unspecified atom stereocenters. The summed E-state index contributed by atoms with van der Waals surface area (Å²) in [6, 6.07) is 0. The van der Waals surface area contributed by atoms with Crippen molar-refractivity contribution in [2.75, 3.05) is 13.2 Å². The van der Waals surface area contributed by atoms with Crippen molar-refractivity contribution in [1.82, 2.24) is 0 Å². The molecular formula is C63H108O12. The zero-order valence-corrected chi connectivity index (χ0v) is 47.5. The maximum atomic E-state index is 13.1. The second kappa shape index (κ2) is 51.2. The van der Waals surface area contributed by atoms with Crippen LogP contribution in [0.5, 0.6) is 0 Å². The Morgan fingerprint density at radius 2 is 0.840 bits per heavy atom. The number of ether oxygens (including phenoxy) is 5. The molecule has 0 saturated carbocycles. The third-order valence-corrected chi connectivity index (χ3v) is 13.6. The van der Waals surface area contributed by atoms with E-state index >= 15 is 0 Å². The Morgan fingerprint density at radius 3 is 1.33 bits per heavy atom. The Kier molecular flexibility index (Phi) is 47.4. The summed E-state index contributed by atoms with van der Waals surface area (Å²) in [5.74, 6) is -3.17. The highest BCUT2D eigenvalue weighted by atomic mass is 16.7. The van der Waals surface area contributed by atoms with Crippen LogP contribution in [0.15, 0.2) is 60.8 Å². The van der Waals surface area contributed by atoms with Crippen LogP contribution >= 0.6 is 0 Å². The molecule has 0 aromatic carbocycles. The lowest BCUT2D eigenvalue weighted by molar-refractivity contribution is -0.301. The number of rotatable bonds is 51. The molecule has 1 rings (SSSR count). The van der Waals surface area contributed by atoms with Gasteiger partial charge in [0.2, 0.25) is 0 Å². The van der Waals surface area contributed by atoms with Crippen molar-refractivity contribution in [3.8, 4) is 0 Å². The van der Waals surface area contributed by atoms with Crippen molar-refractivity contribution >= 4 is 23.9 Å². The number of aliphatic hydroxyl groups excluding tert-OH is 2. The topological polar surface area (TPSA) is 175 Å². The maximum Gasteiger partial charge on any atom is 0.335 e. The number of carbonyl (C=O) groups is 4. The van der Waals surface area contributed by atoms with E-state index in [1.54, 1.807) is 0 Å². The molecule has 3 N–H and O–H groups in total. The summed E-state index contributed by atoms with van der Waals surface area (Å²) in [6.07, 6.45) is 50.5. The molecule has 432 valence electrons. The summed E-state index contributed by atoms with van der Waals surface area (Å²) in [5.41, 5.74) is 0. The van der Waals surface area contributed by atoms with Crippen LogP contribution < -0.4 is 0 Å². The number of hydrogen-bond acceptors (Lipinski definition) is 11. The minimum Gasteiger partial charge on any atom is -0.479 e. The van der Waals surface area contributed by atoms with Gasteiger partial charge in [0.15, 0.2) is 24.6 Å². The van der Waals surface area contributed by atoms with Gasteiger partial charge in [-0.3, -0.25) is 14.4 Å². The van der Waals surface area contributed by atoms with Gasteiger partial charge in [-0.2, -0.15) is 0 Å². The average Bonchev–Trinajstić information content (AvgIpc) is 3.39. The Balaban J connectivity index is 2.70. The summed E-state index contributed by atoms with van der Waals surface area (Å²) in [7, 11) is 0. The highest BCUT2D eigenvalue weighted by Gasteiger charge is 2.50. The van der Waals surface area contributed by atoms with Gasteiger partial charge in [-0.05, 0) is 83.5 Å². The summed E-state index contributed by atoms with van der Waals surface area (Å²) >= 11 is 0. The number of hydrogen-bond donors (Lipinski definition) is 3. The van der Waals surface area contributed by atoms with Crippen LogP contribution in [0.3, 0.4) is 0 Å². The number of unbranched alkanes of at least 4 members (excludes halogenated alkanes) is 27. The lowest BCUT2D eigenvalue weighted by Gasteiger charge is -2.40. The molecule has 75 heavy (non-hydrogen) atoms. The Morgan fingerprint density at radius 1 is 0.453 bits per heavy atom. The van der Waals surface area contributed by atoms with Crippen molar-refractivity contribution in [3.63, 3.8) is 0 Å². The molecule has 0 amide bonds. The van der Waals surface area contributed by atoms with E-state index in [0.29, 0.717) is 25.7 Å². The highest BCUT2D eigenvalue weighted by molar-refractivity contribution is 5.74. The van der Waals surface area contributed by atoms with Crippen molar-refractivity contribution < 1.29 is 58.2 Å². The fourth-order valence-corrected chi connectivity index (χ4v) is 8.94. The molecule has 1 aliphatic heterocycles. The van der Waals surface area contributed by atoms with Crippen LogP contribution in [0.25, 0.3) is 0 Å². The third kappa shape index (κ3) is 41.2. The molecule has 0 bridgehead atoms. The fourth-order valence-electron chi connectivity index (χ4n) is 8.94. The van der Waals surface area contributed by atoms with Gasteiger partial charge in [-0.1, -0.05) is 223 Å². The second-order valence-electron chi connectivity index (χ2n) is 20.6. The molecule has 6 atom stereocenters. The van der Waals surface area contributed by atoms with Gasteiger partial charge < -0.3 is 39.0 Å². The van der Waals surface area contributed by atoms with Gasteiger partial charge in [0, 0.05) is 19.3 Å². The molecule has 1 aliphatic rings. The largest absolute Gasteiger partial charge is 0.479 e. The molecule has 1 heterocycles. The molecule has 0 spiro atoms. The first-order valence-electron chi connectivity index (χ1n) is 30.3. The van der Waals surface area contributed by atoms with Crippen LogP contribution in [0.1, 0.15) is 265 Å². The summed E-state index contributed by atoms with van der Waals surface area (Å²) in [5, 5.41) is 31.5. The second-order valence-corrected chi connectivity index (χ2v) is 20.6. The molecule has 0 aromatic heterocycles. The predicted octanol–water partition coefficient (Wildman–Crippen LogP) is 15.6. The number of esters is 3. The van der Waals surface area contributed by atoms with Gasteiger partial charge >= 0.3 is 23.9 Å². The van der Waals surface area contributed by atoms with Gasteiger partial charge in [0.05, 0.1) is 6.61 Å². The lowest BCUT2D eigenvalue weighted by atomic mass is 9.98. The Labute approximate surface area is 456 Å². The van der Waals surface area contributed by atoms with Crippen molar-refractivity contribution in [3.05, 3.63) is 60.8 Å². The SMILES string of the molecule is CC/C=C\C/C=C\C/C=C\C/C=C\CCCCC(=O)OC1C(OCC(COC(=O)CCCCCCCCCCCCCCCCCCC)OC(=O)CCCCCCC/C=C\CCCCCC)OC(C(=O)O)C(O)C1O. The van der Waals surface area contributed by atoms with E-state index in [0.717, 1.165) is 89.9 Å². The van der Waals surface area contributed by atoms with Crippen molar-refractivity contribution in [2.45, 2.75) is 302 Å². The summed E-state index contributed by atoms with van der Waals surface area (Å²) in [6.45, 7) is 5.86. The van der Waals surface area contributed by atoms with E-state index in [4.69, 9.17) is 23.7 Å². The maximum absolute atomic E-state index is 13.1. The van der Waals surface area contributed by atoms with E-state index in [2.05, 4.69) is 81.5 Å². The molecule has 12 nitrogen and oxygen atoms in total. The molecule has 0 radical (unpaired) electrons. The Hall–Kier alpha value is -3.58. The number of aliphatic carboxylic acids is 1. The number of carboxylic acid groups (broad SMARTS) is 1. The summed E-state index contributed by atoms with van der Waals surface area (Å²) < 4.78 is 28.4. The zero-order valence-electron chi connectivity index (χ0n) is 47.5. The van der Waals surface area contributed by atoms with Crippen molar-refractivity contribution in [1.29, 1.82) is 0 Å². The average molecular weight is 1060 g/mol. The first-order valence-corrected chi connectivity index (χ1v) is 30.3. The zero-order chi connectivity index (χ0) is 54.7. The van der Waals surface area contributed by atoms with Crippen LogP contribution in [-0.2, 0) is 42.9 Å². The smallest absolute Gasteiger partial charge is 0.335 e. The van der Waals surface area contributed by atoms with Crippen LogP contribution in [0.4, 0.5) is 0 Å². The molecular weight excluding hydrogens is 949 g/mol. The minimum atomic E-state index is -1.92. The number of carboxylic acids is 1. The van der Waals surface area contributed by atoms with Gasteiger partial charge in [0.25, 0.3) is 0 Å². The number of carbonyl (C=O) groups excluding carboxylic acids is 3. The number of aliphatic hydroxyl groups is 2. The summed E-state index contributed by atoms with van der Waals surface area (Å²) in [4.78, 5) is 51.1. The highest BCUT2D eigenvalue weighted by Crippen LogP contribution is 2.26. The van der Waals surface area contributed by atoms with Crippen LogP contribution in [0, 0.1) is 0 Å². The van der Waals surface area contributed by atoms with E-state index in [9.17, 15) is 34.5 Å². The molecule has 0 aliphatic carbocycles. The molecule has 0 aromatic rings. The van der Waals surface area contributed by atoms with E-state index < -0.39 is 67.3 Å². The van der Waals surface area contributed by atoms with Crippen molar-refractivity contribution in [2.24, 2.45) is 0 Å². The molecule has 1 saturated heterocycles. The minimum absolute atomic E-state index is 0.00773. The fraction of sp³-hybridized carbons (Fsp3) is 0.778. The van der Waals surface area contributed by atoms with Gasteiger partial charge in [0.1, 0.15) is 18.8 Å². The van der Waals surface area contributed by atoms with Gasteiger partial charge in [-0.25, -0.2) is 4.79 Å². The molecule has 1 fully saturated rings. The predicted molar refractivity (Wildman–Crippen MR) is 303 cm³/mol. The normalized spacial score (nSPS) is 18.5. The third-order valence-electron chi connectivity index (χ3n) is 13.6. The quantitative estimate of drug-likeness (QED) is 0.0228. The first-order chi connectivity index (χ1) is 36.6. The lowest BCUT2D eigenvalue weighted by Crippen LogP contribution is -2.61. The van der Waals surface area contributed by atoms with Crippen LogP contribution in [0.2, 0.25) is 0 Å². The monoisotopic (exact) mass is 1060 g/mol. The van der Waals surface area contributed by atoms with E-state index in [1.165, 1.54) is 109 Å². The first kappa shape index (κ1) is 69.4. The molecule has 12 heteroatoms. The number of allylic oxidation sites excluding steroid dienone is 10. The van der Waals surface area contributed by atoms with E-state index in [1.807, 2.05) is 0 Å². The standard InChI is InChI=1S/C63H108O12/c1-4-7-10-13-16-19-22-25-27-28-30-32-34-37-40-43-46-49-55(64)71-52-54(73-56(65)50-47-44-41-38-35-31-24-21-18-15-12-9-6-3)53-72-63-61(59(68)58(67)60(75-63)62(69)70)74-57(66)51-48-45-42-39-36-33-29-26-23-20-17-14-11-8-5-2/h8,11,17,20-21,24,26,29,36,39,54,58-61,63,67-68H,4-7,9-10,12-16,18-19,22-23,25,27-28,30-35,37-38,40-53H2,1-3H3,(H,69,70)/b11-8-,20-17-,24-21-,29-26-,39-36-. The Bertz CT molecular complexity index is 1540. The van der Waals surface area contributed by atoms with Gasteiger partial charge in [-0.15, -0.1) is 0 Å². The van der Waals surface area contributed by atoms with Crippen LogP contribution in [-0.4, -0.2) is 89.2 Å².